The maximum atomic E-state index is 13.7. The fourth-order valence-electron chi connectivity index (χ4n) is 5.18. The van der Waals surface area contributed by atoms with Crippen molar-refractivity contribution in [2.75, 3.05) is 41.4 Å². The van der Waals surface area contributed by atoms with Gasteiger partial charge in [0.2, 0.25) is 11.6 Å². The lowest BCUT2D eigenvalue weighted by atomic mass is 9.85. The van der Waals surface area contributed by atoms with Gasteiger partial charge in [0, 0.05) is 50.4 Å². The summed E-state index contributed by atoms with van der Waals surface area (Å²) in [7, 11) is 6.74. The van der Waals surface area contributed by atoms with E-state index in [1.807, 2.05) is 32.8 Å². The fraction of sp³-hybridized carbons (Fsp3) is 0.562. The zero-order chi connectivity index (χ0) is 33.1. The summed E-state index contributed by atoms with van der Waals surface area (Å²) >= 11 is 0. The molecule has 2 amide bonds. The molecule has 1 aliphatic heterocycles. The van der Waals surface area contributed by atoms with E-state index in [0.29, 0.717) is 25.1 Å². The maximum absolute atomic E-state index is 13.7. The van der Waals surface area contributed by atoms with E-state index >= 15 is 0 Å². The van der Waals surface area contributed by atoms with Crippen LogP contribution in [-0.2, 0) is 28.6 Å². The van der Waals surface area contributed by atoms with E-state index in [0.717, 1.165) is 6.08 Å². The number of hydrogen-bond donors (Lipinski definition) is 4. The van der Waals surface area contributed by atoms with Gasteiger partial charge in [0.1, 0.15) is 6.10 Å². The van der Waals surface area contributed by atoms with E-state index < -0.39 is 53.9 Å². The molecular formula is C32H49ClN4O8. The average Bonchev–Trinajstić information content (AvgIpc) is 2.95. The number of aliphatic hydroxyl groups excluding tert-OH is 1. The van der Waals surface area contributed by atoms with Gasteiger partial charge in [-0.25, -0.2) is 4.79 Å². The van der Waals surface area contributed by atoms with Crippen molar-refractivity contribution in [3.05, 3.63) is 58.5 Å². The number of nitrogens with two attached hydrogens (primary N) is 1. The summed E-state index contributed by atoms with van der Waals surface area (Å²) in [5.74, 6) is -2.06. The number of rotatable bonds is 7. The van der Waals surface area contributed by atoms with Crippen molar-refractivity contribution in [2.24, 2.45) is 17.6 Å². The number of nitrogens with one attached hydrogen (secondary N) is 2. The number of nitrogens with zero attached hydrogens (tertiary/aromatic N) is 1. The largest absolute Gasteiger partial charge is 0.439 e. The number of primary amides is 1. The van der Waals surface area contributed by atoms with Crippen LogP contribution in [0.2, 0.25) is 0 Å². The molecule has 0 spiro atoms. The molecule has 0 aromatic rings. The number of ether oxygens (including phenoxy) is 3. The molecule has 0 radical (unpaired) electrons. The van der Waals surface area contributed by atoms with Gasteiger partial charge in [0.15, 0.2) is 6.10 Å². The SMILES string of the molecule is COC1C=C/C=C(\C)C(=O)NC2=CC(=O)C(NCCN(C)C)=C(C[C@@H](C)C[C@H](OC)[C@H](O)[C@@H](C)/C=C(\C)[C@@H]1OC(N)=O)C2=O.Cl. The number of amides is 2. The quantitative estimate of drug-likeness (QED) is 0.237. The number of allylic oxidation sites excluding steroid dienone is 4. The molecule has 1 unspecified atom stereocenters. The van der Waals surface area contributed by atoms with Gasteiger partial charge < -0.3 is 40.6 Å². The first kappa shape index (κ1) is 39.7. The van der Waals surface area contributed by atoms with E-state index in [1.54, 1.807) is 32.1 Å². The predicted octanol–water partition coefficient (Wildman–Crippen LogP) is 2.34. The number of halogens is 1. The Bertz CT molecular complexity index is 1240. The van der Waals surface area contributed by atoms with Crippen LogP contribution in [0.1, 0.15) is 40.5 Å². The molecule has 45 heavy (non-hydrogen) atoms. The second-order valence-corrected chi connectivity index (χ2v) is 11.7. The fourth-order valence-corrected chi connectivity index (χ4v) is 5.18. The molecule has 5 N–H and O–H groups in total. The van der Waals surface area contributed by atoms with Crippen molar-refractivity contribution in [1.29, 1.82) is 0 Å². The number of methoxy groups -OCH3 is 2. The number of carbonyl (C=O) groups excluding carboxylic acids is 4. The van der Waals surface area contributed by atoms with Crippen molar-refractivity contribution in [1.82, 2.24) is 15.5 Å². The van der Waals surface area contributed by atoms with Crippen molar-refractivity contribution >= 4 is 36.0 Å². The van der Waals surface area contributed by atoms with E-state index in [9.17, 15) is 24.3 Å². The number of hydrogen-bond acceptors (Lipinski definition) is 10. The second kappa shape index (κ2) is 18.6. The van der Waals surface area contributed by atoms with Crippen LogP contribution in [0, 0.1) is 11.8 Å². The van der Waals surface area contributed by atoms with Crippen molar-refractivity contribution in [2.45, 2.75) is 65.0 Å². The minimum absolute atomic E-state index is 0. The topological polar surface area (TPSA) is 170 Å². The van der Waals surface area contributed by atoms with Crippen LogP contribution in [0.25, 0.3) is 0 Å². The normalized spacial score (nSPS) is 29.6. The lowest BCUT2D eigenvalue weighted by Gasteiger charge is -2.30. The molecule has 0 aromatic carbocycles. The summed E-state index contributed by atoms with van der Waals surface area (Å²) in [6, 6.07) is 0. The number of ketones is 2. The van der Waals surface area contributed by atoms with Crippen LogP contribution in [0.3, 0.4) is 0 Å². The Morgan fingerprint density at radius 2 is 1.82 bits per heavy atom. The number of aliphatic hydroxyl groups is 1. The summed E-state index contributed by atoms with van der Waals surface area (Å²) in [5.41, 5.74) is 6.55. The van der Waals surface area contributed by atoms with Crippen LogP contribution < -0.4 is 16.4 Å². The highest BCUT2D eigenvalue weighted by Gasteiger charge is 2.33. The highest BCUT2D eigenvalue weighted by atomic mass is 35.5. The highest BCUT2D eigenvalue weighted by Crippen LogP contribution is 2.28. The van der Waals surface area contributed by atoms with Gasteiger partial charge in [-0.3, -0.25) is 14.4 Å². The minimum Gasteiger partial charge on any atom is -0.439 e. The third-order valence-electron chi connectivity index (χ3n) is 7.65. The van der Waals surface area contributed by atoms with Crippen molar-refractivity contribution < 1.29 is 38.5 Å². The van der Waals surface area contributed by atoms with Crippen LogP contribution >= 0.6 is 12.4 Å². The molecule has 2 aliphatic rings. The third kappa shape index (κ3) is 11.5. The highest BCUT2D eigenvalue weighted by molar-refractivity contribution is 6.23. The van der Waals surface area contributed by atoms with Gasteiger partial charge in [-0.1, -0.05) is 38.2 Å². The number of carbonyl (C=O) groups is 4. The Morgan fingerprint density at radius 3 is 2.40 bits per heavy atom. The second-order valence-electron chi connectivity index (χ2n) is 11.7. The molecule has 13 heteroatoms. The summed E-state index contributed by atoms with van der Waals surface area (Å²) in [5, 5.41) is 17.0. The van der Waals surface area contributed by atoms with Gasteiger partial charge >= 0.3 is 6.09 Å². The Hall–Kier alpha value is -3.29. The molecule has 0 saturated heterocycles. The molecule has 2 bridgehead atoms. The molecule has 252 valence electrons. The van der Waals surface area contributed by atoms with Gasteiger partial charge in [-0.15, -0.1) is 12.4 Å². The maximum Gasteiger partial charge on any atom is 0.405 e. The first-order valence-electron chi connectivity index (χ1n) is 14.7. The Balaban J connectivity index is 0.0000101. The summed E-state index contributed by atoms with van der Waals surface area (Å²) in [6.45, 7) is 8.09. The first-order valence-corrected chi connectivity index (χ1v) is 14.7. The monoisotopic (exact) mass is 652 g/mol. The lowest BCUT2D eigenvalue weighted by Crippen LogP contribution is -2.38. The average molecular weight is 653 g/mol. The standard InChI is InChI=1S/C32H48N4O8.ClH/c1-18-14-22-27(34-12-13-36(5)6)24(37)17-23(29(22)39)35-31(40)19(2)10-9-11-25(42-7)30(44-32(33)41)21(4)16-20(3)28(38)26(15-18)43-8;/h9-11,16-18,20,25-26,28,30,34,38H,12-15H2,1-8H3,(H2,33,41)(H,35,40);1H/b11-9?,19-10+,21-16+;/t18-,20+,25?,26+,28-,30+;/m1./s1. The van der Waals surface area contributed by atoms with Crippen molar-refractivity contribution in [3.8, 4) is 0 Å². The molecule has 1 heterocycles. The van der Waals surface area contributed by atoms with E-state index in [2.05, 4.69) is 10.6 Å². The molecule has 0 saturated carbocycles. The molecule has 1 aliphatic carbocycles. The van der Waals surface area contributed by atoms with Gasteiger partial charge in [-0.05, 0) is 52.3 Å². The van der Waals surface area contributed by atoms with Gasteiger partial charge in [0.25, 0.3) is 5.91 Å². The lowest BCUT2D eigenvalue weighted by molar-refractivity contribution is -0.120. The third-order valence-corrected chi connectivity index (χ3v) is 7.65. The number of fused-ring (bicyclic) bond motifs is 2. The van der Waals surface area contributed by atoms with Gasteiger partial charge in [0.05, 0.1) is 23.6 Å². The molecular weight excluding hydrogens is 604 g/mol. The van der Waals surface area contributed by atoms with Crippen LogP contribution in [0.4, 0.5) is 4.79 Å². The molecule has 12 nitrogen and oxygen atoms in total. The minimum atomic E-state index is -0.997. The van der Waals surface area contributed by atoms with E-state index in [1.165, 1.54) is 20.3 Å². The Kier molecular flexibility index (Phi) is 16.4. The van der Waals surface area contributed by atoms with Gasteiger partial charge in [-0.2, -0.15) is 0 Å². The Morgan fingerprint density at radius 1 is 1.16 bits per heavy atom. The van der Waals surface area contributed by atoms with Crippen molar-refractivity contribution in [3.63, 3.8) is 0 Å². The molecule has 0 aromatic heterocycles. The summed E-state index contributed by atoms with van der Waals surface area (Å²) in [6.07, 6.45) is 3.88. The summed E-state index contributed by atoms with van der Waals surface area (Å²) < 4.78 is 16.6. The zero-order valence-corrected chi connectivity index (χ0v) is 28.2. The smallest absolute Gasteiger partial charge is 0.405 e. The molecule has 0 fully saturated rings. The summed E-state index contributed by atoms with van der Waals surface area (Å²) in [4.78, 5) is 53.7. The predicted molar refractivity (Wildman–Crippen MR) is 173 cm³/mol. The van der Waals surface area contributed by atoms with E-state index in [-0.39, 0.29) is 47.3 Å². The first-order chi connectivity index (χ1) is 20.7. The van der Waals surface area contributed by atoms with E-state index in [4.69, 9.17) is 19.9 Å². The number of likely N-dealkylation sites (N-methyl/N-ethyl adjacent to an activating group) is 1. The molecule has 2 rings (SSSR count). The van der Waals surface area contributed by atoms with Crippen LogP contribution in [-0.4, -0.2) is 99.4 Å². The molecule has 6 atom stereocenters. The number of Topliss-reactive ketones (excluding diaryl/α,β-unsaturated/α-hetero) is 1. The van der Waals surface area contributed by atoms with Crippen LogP contribution in [0.15, 0.2) is 58.5 Å². The Labute approximate surface area is 272 Å². The van der Waals surface area contributed by atoms with Crippen LogP contribution in [0.5, 0.6) is 0 Å². The zero-order valence-electron chi connectivity index (χ0n) is 27.4.